The Kier molecular flexibility index (Phi) is 7.93. The second-order valence-corrected chi connectivity index (χ2v) is 10.3. The van der Waals surface area contributed by atoms with Gasteiger partial charge in [0.15, 0.2) is 5.13 Å². The molecule has 0 radical (unpaired) electrons. The second-order valence-electron chi connectivity index (χ2n) is 8.42. The lowest BCUT2D eigenvalue weighted by Crippen LogP contribution is -2.19. The van der Waals surface area contributed by atoms with Crippen LogP contribution < -0.4 is 15.4 Å². The average Bonchev–Trinajstić information content (AvgIpc) is 3.20. The molecular weight excluding hydrogens is 442 g/mol. The molecule has 0 atom stereocenters. The van der Waals surface area contributed by atoms with E-state index in [1.165, 1.54) is 23.1 Å². The molecule has 0 saturated carbocycles. The van der Waals surface area contributed by atoms with E-state index in [-0.39, 0.29) is 23.0 Å². The molecule has 3 aromatic rings. The van der Waals surface area contributed by atoms with Crippen LogP contribution in [0.25, 0.3) is 11.3 Å². The van der Waals surface area contributed by atoms with Gasteiger partial charge in [0.1, 0.15) is 5.75 Å². The zero-order valence-electron chi connectivity index (χ0n) is 18.6. The second kappa shape index (κ2) is 10.7. The van der Waals surface area contributed by atoms with Gasteiger partial charge in [-0.1, -0.05) is 32.9 Å². The van der Waals surface area contributed by atoms with E-state index in [1.54, 1.807) is 7.11 Å². The van der Waals surface area contributed by atoms with Crippen LogP contribution in [0.2, 0.25) is 0 Å². The minimum absolute atomic E-state index is 0.00551. The predicted molar refractivity (Wildman–Crippen MR) is 133 cm³/mol. The van der Waals surface area contributed by atoms with E-state index in [9.17, 15) is 9.59 Å². The molecule has 2 aromatic carbocycles. The summed E-state index contributed by atoms with van der Waals surface area (Å²) in [6, 6.07) is 15.1. The lowest BCUT2D eigenvalue weighted by Gasteiger charge is -2.17. The maximum Gasteiger partial charge on any atom is 0.236 e. The van der Waals surface area contributed by atoms with Crippen LogP contribution >= 0.6 is 23.1 Å². The quantitative estimate of drug-likeness (QED) is 0.400. The fraction of sp³-hybridized carbons (Fsp3) is 0.292. The zero-order chi connectivity index (χ0) is 23.1. The third kappa shape index (κ3) is 7.39. The van der Waals surface area contributed by atoms with Gasteiger partial charge in [0.2, 0.25) is 11.8 Å². The van der Waals surface area contributed by atoms with Crippen molar-refractivity contribution in [3.05, 3.63) is 53.9 Å². The molecule has 3 rings (SSSR count). The molecule has 0 fully saturated rings. The van der Waals surface area contributed by atoms with Gasteiger partial charge in [-0.05, 0) is 41.8 Å². The number of benzene rings is 2. The number of thioether (sulfide) groups is 1. The number of aromatic nitrogens is 1. The van der Waals surface area contributed by atoms with Crippen LogP contribution in [0.4, 0.5) is 10.8 Å². The van der Waals surface area contributed by atoms with Gasteiger partial charge in [0, 0.05) is 27.9 Å². The first-order valence-corrected chi connectivity index (χ1v) is 12.0. The van der Waals surface area contributed by atoms with Gasteiger partial charge in [-0.2, -0.15) is 0 Å². The normalized spacial score (nSPS) is 11.1. The molecule has 1 heterocycles. The lowest BCUT2D eigenvalue weighted by atomic mass is 9.92. The topological polar surface area (TPSA) is 80.3 Å². The van der Waals surface area contributed by atoms with Crippen LogP contribution in [0.5, 0.6) is 5.75 Å². The zero-order valence-corrected chi connectivity index (χ0v) is 20.2. The van der Waals surface area contributed by atoms with Crippen LogP contribution in [-0.4, -0.2) is 29.7 Å². The van der Waals surface area contributed by atoms with Crippen LogP contribution in [0.15, 0.2) is 58.8 Å². The largest absolute Gasteiger partial charge is 0.497 e. The minimum atomic E-state index is -0.121. The van der Waals surface area contributed by atoms with Crippen LogP contribution in [0, 0.1) is 5.41 Å². The van der Waals surface area contributed by atoms with Crippen molar-refractivity contribution >= 4 is 45.7 Å². The molecule has 0 aliphatic rings. The number of rotatable bonds is 8. The first kappa shape index (κ1) is 23.8. The van der Waals surface area contributed by atoms with Crippen molar-refractivity contribution in [1.29, 1.82) is 0 Å². The maximum absolute atomic E-state index is 12.3. The smallest absolute Gasteiger partial charge is 0.236 e. The molecule has 0 spiro atoms. The van der Waals surface area contributed by atoms with Crippen molar-refractivity contribution in [2.75, 3.05) is 23.5 Å². The molecule has 2 amide bonds. The van der Waals surface area contributed by atoms with E-state index >= 15 is 0 Å². The number of hydrogen-bond donors (Lipinski definition) is 2. The fourth-order valence-electron chi connectivity index (χ4n) is 2.87. The molecule has 2 N–H and O–H groups in total. The third-order valence-corrected chi connectivity index (χ3v) is 6.08. The van der Waals surface area contributed by atoms with Crippen molar-refractivity contribution in [2.45, 2.75) is 32.1 Å². The van der Waals surface area contributed by atoms with Crippen molar-refractivity contribution in [2.24, 2.45) is 5.41 Å². The van der Waals surface area contributed by atoms with Gasteiger partial charge in [0.05, 0.1) is 18.6 Å². The van der Waals surface area contributed by atoms with Gasteiger partial charge in [-0.25, -0.2) is 4.98 Å². The Morgan fingerprint density at radius 1 is 1.06 bits per heavy atom. The van der Waals surface area contributed by atoms with Gasteiger partial charge >= 0.3 is 0 Å². The number of amides is 2. The minimum Gasteiger partial charge on any atom is -0.497 e. The molecular formula is C24H27N3O3S2. The van der Waals surface area contributed by atoms with E-state index in [4.69, 9.17) is 4.74 Å². The van der Waals surface area contributed by atoms with E-state index in [0.29, 0.717) is 11.6 Å². The average molecular weight is 470 g/mol. The van der Waals surface area contributed by atoms with E-state index in [0.717, 1.165) is 27.6 Å². The highest BCUT2D eigenvalue weighted by Gasteiger charge is 2.16. The maximum atomic E-state index is 12.3. The molecule has 6 nitrogen and oxygen atoms in total. The summed E-state index contributed by atoms with van der Waals surface area (Å²) >= 11 is 2.81. The Hall–Kier alpha value is -2.84. The molecule has 0 bridgehead atoms. The standard InChI is InChI=1S/C24H27N3O3S2/c1-24(2,3)13-21(28)25-17-8-10-19(11-9-17)31-15-22(29)27-23-26-20(14-32-23)16-6-5-7-18(12-16)30-4/h5-12,14H,13,15H2,1-4H3,(H,25,28)(H,26,27,29). The SMILES string of the molecule is COc1cccc(-c2csc(NC(=O)CSc3ccc(NC(=O)CC(C)(C)C)cc3)n2)c1. The van der Waals surface area contributed by atoms with Crippen molar-refractivity contribution in [1.82, 2.24) is 4.98 Å². The Labute approximate surface area is 196 Å². The van der Waals surface area contributed by atoms with Crippen molar-refractivity contribution < 1.29 is 14.3 Å². The molecule has 0 unspecified atom stereocenters. The molecule has 168 valence electrons. The summed E-state index contributed by atoms with van der Waals surface area (Å²) in [5.41, 5.74) is 2.42. The van der Waals surface area contributed by atoms with Gasteiger partial charge in [-0.3, -0.25) is 9.59 Å². The predicted octanol–water partition coefficient (Wildman–Crippen LogP) is 5.92. The number of hydrogen-bond acceptors (Lipinski definition) is 6. The number of nitrogens with one attached hydrogen (secondary N) is 2. The first-order chi connectivity index (χ1) is 15.2. The van der Waals surface area contributed by atoms with Gasteiger partial charge in [0.25, 0.3) is 0 Å². The van der Waals surface area contributed by atoms with Crippen LogP contribution in [-0.2, 0) is 9.59 Å². The summed E-state index contributed by atoms with van der Waals surface area (Å²) in [7, 11) is 1.63. The number of ether oxygens (including phenoxy) is 1. The van der Waals surface area contributed by atoms with E-state index < -0.39 is 0 Å². The summed E-state index contributed by atoms with van der Waals surface area (Å²) in [5.74, 6) is 0.902. The van der Waals surface area contributed by atoms with Gasteiger partial charge < -0.3 is 15.4 Å². The summed E-state index contributed by atoms with van der Waals surface area (Å²) in [6.45, 7) is 6.09. The summed E-state index contributed by atoms with van der Waals surface area (Å²) < 4.78 is 5.25. The summed E-state index contributed by atoms with van der Waals surface area (Å²) in [6.07, 6.45) is 0.458. The third-order valence-electron chi connectivity index (χ3n) is 4.31. The van der Waals surface area contributed by atoms with Crippen molar-refractivity contribution in [3.63, 3.8) is 0 Å². The summed E-state index contributed by atoms with van der Waals surface area (Å²) in [5, 5.41) is 8.22. The Balaban J connectivity index is 1.49. The Morgan fingerprint density at radius 2 is 1.81 bits per heavy atom. The molecule has 1 aromatic heterocycles. The molecule has 8 heteroatoms. The molecule has 0 aliphatic carbocycles. The van der Waals surface area contributed by atoms with Crippen molar-refractivity contribution in [3.8, 4) is 17.0 Å². The molecule has 0 aliphatic heterocycles. The number of anilines is 2. The van der Waals surface area contributed by atoms with Gasteiger partial charge in [-0.15, -0.1) is 23.1 Å². The Morgan fingerprint density at radius 3 is 2.50 bits per heavy atom. The first-order valence-electron chi connectivity index (χ1n) is 10.1. The lowest BCUT2D eigenvalue weighted by molar-refractivity contribution is -0.118. The van der Waals surface area contributed by atoms with Crippen LogP contribution in [0.3, 0.4) is 0 Å². The number of thiazole rings is 1. The monoisotopic (exact) mass is 469 g/mol. The highest BCUT2D eigenvalue weighted by atomic mass is 32.2. The van der Waals surface area contributed by atoms with Crippen LogP contribution in [0.1, 0.15) is 27.2 Å². The summed E-state index contributed by atoms with van der Waals surface area (Å²) in [4.78, 5) is 29.8. The number of nitrogens with zero attached hydrogens (tertiary/aromatic N) is 1. The number of methoxy groups -OCH3 is 1. The highest BCUT2D eigenvalue weighted by molar-refractivity contribution is 8.00. The Bertz CT molecular complexity index is 1070. The van der Waals surface area contributed by atoms with E-state index in [2.05, 4.69) is 15.6 Å². The fourth-order valence-corrected chi connectivity index (χ4v) is 4.31. The number of carbonyl (C=O) groups excluding carboxylic acids is 2. The highest BCUT2D eigenvalue weighted by Crippen LogP contribution is 2.28. The molecule has 0 saturated heterocycles. The molecule has 32 heavy (non-hydrogen) atoms. The van der Waals surface area contributed by atoms with E-state index in [1.807, 2.05) is 74.7 Å². The number of carbonyl (C=O) groups is 2.